The van der Waals surface area contributed by atoms with Gasteiger partial charge in [-0.1, -0.05) is 0 Å². The average molecular weight is 112 g/mol. The van der Waals surface area contributed by atoms with E-state index in [1.54, 1.807) is 13.3 Å². The zero-order valence-electron chi connectivity index (χ0n) is 5.60. The van der Waals surface area contributed by atoms with E-state index in [1.807, 2.05) is 13.8 Å². The summed E-state index contributed by atoms with van der Waals surface area (Å²) >= 11 is 0. The van der Waals surface area contributed by atoms with Crippen molar-refractivity contribution in [3.63, 3.8) is 0 Å². The maximum absolute atomic E-state index is 5.41. The molecule has 0 rings (SSSR count). The molecule has 0 amide bonds. The second-order valence-electron chi connectivity index (χ2n) is 1.75. The van der Waals surface area contributed by atoms with Crippen molar-refractivity contribution < 1.29 is 0 Å². The fourth-order valence-corrected chi connectivity index (χ4v) is 0.295. The molecular weight excluding hydrogens is 100 g/mol. The summed E-state index contributed by atoms with van der Waals surface area (Å²) in [7, 11) is 1.73. The summed E-state index contributed by atoms with van der Waals surface area (Å²) in [5, 5.41) is 0. The van der Waals surface area contributed by atoms with Crippen LogP contribution in [0, 0.1) is 0 Å². The SMILES string of the molecule is C/N=C/C(C)=C(/C)N. The molecule has 0 unspecified atom stereocenters. The highest BCUT2D eigenvalue weighted by atomic mass is 14.6. The highest BCUT2D eigenvalue weighted by molar-refractivity contribution is 5.78. The lowest BCUT2D eigenvalue weighted by molar-refractivity contribution is 1.26. The molecule has 0 heterocycles. The highest BCUT2D eigenvalue weighted by Crippen LogP contribution is 1.90. The van der Waals surface area contributed by atoms with E-state index in [1.165, 1.54) is 0 Å². The second kappa shape index (κ2) is 3.24. The van der Waals surface area contributed by atoms with Crippen LogP contribution in [0.15, 0.2) is 16.3 Å². The molecule has 0 aliphatic rings. The van der Waals surface area contributed by atoms with Crippen LogP contribution in [0.5, 0.6) is 0 Å². The first-order valence-electron chi connectivity index (χ1n) is 2.53. The second-order valence-corrected chi connectivity index (χ2v) is 1.75. The van der Waals surface area contributed by atoms with Crippen molar-refractivity contribution in [1.82, 2.24) is 0 Å². The predicted octanol–water partition coefficient (Wildman–Crippen LogP) is 0.940. The lowest BCUT2D eigenvalue weighted by atomic mass is 10.3. The molecule has 0 aromatic carbocycles. The first-order chi connectivity index (χ1) is 3.68. The fraction of sp³-hybridized carbons (Fsp3) is 0.500. The number of allylic oxidation sites excluding steroid dienone is 2. The van der Waals surface area contributed by atoms with Gasteiger partial charge in [-0.05, 0) is 19.4 Å². The molecule has 0 atom stereocenters. The molecule has 0 spiro atoms. The molecular formula is C6H12N2. The van der Waals surface area contributed by atoms with E-state index in [0.29, 0.717) is 0 Å². The zero-order chi connectivity index (χ0) is 6.57. The Bertz CT molecular complexity index is 118. The van der Waals surface area contributed by atoms with Gasteiger partial charge in [0.1, 0.15) is 0 Å². The largest absolute Gasteiger partial charge is 0.402 e. The summed E-state index contributed by atoms with van der Waals surface area (Å²) in [5.74, 6) is 0. The minimum Gasteiger partial charge on any atom is -0.402 e. The minimum atomic E-state index is 0.829. The summed E-state index contributed by atoms with van der Waals surface area (Å²) < 4.78 is 0. The molecule has 2 nitrogen and oxygen atoms in total. The Hall–Kier alpha value is -0.790. The first kappa shape index (κ1) is 7.21. The van der Waals surface area contributed by atoms with Gasteiger partial charge in [-0.2, -0.15) is 0 Å². The van der Waals surface area contributed by atoms with Gasteiger partial charge in [0.05, 0.1) is 0 Å². The van der Waals surface area contributed by atoms with Crippen molar-refractivity contribution in [3.8, 4) is 0 Å². The lowest BCUT2D eigenvalue weighted by Gasteiger charge is -1.91. The molecule has 2 N–H and O–H groups in total. The van der Waals surface area contributed by atoms with Crippen molar-refractivity contribution in [2.45, 2.75) is 13.8 Å². The lowest BCUT2D eigenvalue weighted by Crippen LogP contribution is -1.95. The van der Waals surface area contributed by atoms with E-state index in [4.69, 9.17) is 5.73 Å². The Morgan fingerprint density at radius 3 is 2.12 bits per heavy atom. The van der Waals surface area contributed by atoms with Gasteiger partial charge in [-0.3, -0.25) is 4.99 Å². The zero-order valence-corrected chi connectivity index (χ0v) is 5.60. The standard InChI is InChI=1S/C6H12N2/c1-5(4-8-3)6(2)7/h4H,7H2,1-3H3/b6-5-,8-4+. The summed E-state index contributed by atoms with van der Waals surface area (Å²) in [5.41, 5.74) is 7.27. The molecule has 46 valence electrons. The van der Waals surface area contributed by atoms with Crippen molar-refractivity contribution in [1.29, 1.82) is 0 Å². The number of hydrogen-bond acceptors (Lipinski definition) is 2. The molecule has 2 heteroatoms. The third-order valence-electron chi connectivity index (χ3n) is 0.945. The summed E-state index contributed by atoms with van der Waals surface area (Å²) in [4.78, 5) is 3.79. The monoisotopic (exact) mass is 112 g/mol. The van der Waals surface area contributed by atoms with Crippen LogP contribution in [0.2, 0.25) is 0 Å². The van der Waals surface area contributed by atoms with E-state index in [-0.39, 0.29) is 0 Å². The summed E-state index contributed by atoms with van der Waals surface area (Å²) in [6.07, 6.45) is 1.75. The van der Waals surface area contributed by atoms with Gasteiger partial charge in [0, 0.05) is 19.0 Å². The Labute approximate surface area is 50.1 Å². The minimum absolute atomic E-state index is 0.829. The molecule has 8 heavy (non-hydrogen) atoms. The van der Waals surface area contributed by atoms with Crippen LogP contribution in [0.1, 0.15) is 13.8 Å². The van der Waals surface area contributed by atoms with E-state index in [2.05, 4.69) is 4.99 Å². The maximum Gasteiger partial charge on any atom is 0.0277 e. The Morgan fingerprint density at radius 1 is 1.50 bits per heavy atom. The van der Waals surface area contributed by atoms with Gasteiger partial charge in [-0.15, -0.1) is 0 Å². The molecule has 0 aromatic rings. The molecule has 0 fully saturated rings. The highest BCUT2D eigenvalue weighted by Gasteiger charge is 1.82. The molecule has 0 aliphatic heterocycles. The van der Waals surface area contributed by atoms with Gasteiger partial charge < -0.3 is 5.73 Å². The van der Waals surface area contributed by atoms with Crippen LogP contribution in [-0.2, 0) is 0 Å². The number of rotatable bonds is 1. The quantitative estimate of drug-likeness (QED) is 0.504. The predicted molar refractivity (Wildman–Crippen MR) is 37.0 cm³/mol. The molecule has 0 aromatic heterocycles. The van der Waals surface area contributed by atoms with Crippen LogP contribution in [0.4, 0.5) is 0 Å². The van der Waals surface area contributed by atoms with Gasteiger partial charge >= 0.3 is 0 Å². The van der Waals surface area contributed by atoms with Crippen LogP contribution in [0.3, 0.4) is 0 Å². The third-order valence-corrected chi connectivity index (χ3v) is 0.945. The Kier molecular flexibility index (Phi) is 2.92. The summed E-state index contributed by atoms with van der Waals surface area (Å²) in [6, 6.07) is 0. The molecule has 0 bridgehead atoms. The Morgan fingerprint density at radius 2 is 2.00 bits per heavy atom. The van der Waals surface area contributed by atoms with Crippen LogP contribution in [0.25, 0.3) is 0 Å². The Balaban J connectivity index is 4.00. The van der Waals surface area contributed by atoms with Gasteiger partial charge in [-0.25, -0.2) is 0 Å². The molecule has 0 radical (unpaired) electrons. The normalized spacial score (nSPS) is 14.4. The van der Waals surface area contributed by atoms with Crippen LogP contribution >= 0.6 is 0 Å². The smallest absolute Gasteiger partial charge is 0.0277 e. The van der Waals surface area contributed by atoms with Crippen molar-refractivity contribution in [2.24, 2.45) is 10.7 Å². The number of aliphatic imine (C=N–C) groups is 1. The average Bonchev–Trinajstić information content (AvgIpc) is 1.67. The first-order valence-corrected chi connectivity index (χ1v) is 2.53. The van der Waals surface area contributed by atoms with Crippen LogP contribution < -0.4 is 5.73 Å². The molecule has 0 aliphatic carbocycles. The van der Waals surface area contributed by atoms with Gasteiger partial charge in [0.15, 0.2) is 0 Å². The molecule has 0 saturated heterocycles. The van der Waals surface area contributed by atoms with E-state index >= 15 is 0 Å². The van der Waals surface area contributed by atoms with E-state index in [9.17, 15) is 0 Å². The van der Waals surface area contributed by atoms with Gasteiger partial charge in [0.2, 0.25) is 0 Å². The summed E-state index contributed by atoms with van der Waals surface area (Å²) in [6.45, 7) is 3.79. The van der Waals surface area contributed by atoms with Crippen molar-refractivity contribution in [3.05, 3.63) is 11.3 Å². The number of hydrogen-bond donors (Lipinski definition) is 1. The topological polar surface area (TPSA) is 38.4 Å². The number of nitrogens with zero attached hydrogens (tertiary/aromatic N) is 1. The number of nitrogens with two attached hydrogens (primary N) is 1. The van der Waals surface area contributed by atoms with Crippen molar-refractivity contribution in [2.75, 3.05) is 7.05 Å². The van der Waals surface area contributed by atoms with Crippen LogP contribution in [-0.4, -0.2) is 13.3 Å². The van der Waals surface area contributed by atoms with E-state index in [0.717, 1.165) is 11.3 Å². The third kappa shape index (κ3) is 2.39. The van der Waals surface area contributed by atoms with Crippen molar-refractivity contribution >= 4 is 6.21 Å². The molecule has 0 saturated carbocycles. The van der Waals surface area contributed by atoms with Gasteiger partial charge in [0.25, 0.3) is 0 Å². The maximum atomic E-state index is 5.41. The van der Waals surface area contributed by atoms with E-state index < -0.39 is 0 Å². The fourth-order valence-electron chi connectivity index (χ4n) is 0.295.